The molecule has 0 spiro atoms. The third-order valence-electron chi connectivity index (χ3n) is 3.41. The van der Waals surface area contributed by atoms with Crippen LogP contribution in [0, 0.1) is 5.92 Å². The van der Waals surface area contributed by atoms with E-state index in [9.17, 15) is 5.11 Å². The van der Waals surface area contributed by atoms with Crippen molar-refractivity contribution in [2.24, 2.45) is 5.92 Å². The molecule has 1 atom stereocenters. The summed E-state index contributed by atoms with van der Waals surface area (Å²) in [5, 5.41) is 12.5. The van der Waals surface area contributed by atoms with Gasteiger partial charge >= 0.3 is 0 Å². The van der Waals surface area contributed by atoms with Crippen molar-refractivity contribution in [2.45, 2.75) is 44.6 Å². The summed E-state index contributed by atoms with van der Waals surface area (Å²) in [5.74, 6) is 0.668. The molecule has 12 heavy (non-hydrogen) atoms. The molecule has 2 heteroatoms. The lowest BCUT2D eigenvalue weighted by atomic mass is 9.76. The summed E-state index contributed by atoms with van der Waals surface area (Å²) in [5.41, 5.74) is -0.0412. The van der Waals surface area contributed by atoms with E-state index in [1.54, 1.807) is 0 Å². The predicted molar refractivity (Wildman–Crippen MR) is 51.1 cm³/mol. The Hall–Kier alpha value is -0.0800. The lowest BCUT2D eigenvalue weighted by Crippen LogP contribution is -2.50. The standard InChI is InChI=1S/C10H21NO/c1-10(8-12,11-2)9-6-4-3-5-7-9/h9,11-12H,3-8H2,1-2H3. The van der Waals surface area contributed by atoms with Crippen molar-refractivity contribution in [1.29, 1.82) is 0 Å². The van der Waals surface area contributed by atoms with Crippen LogP contribution in [0.4, 0.5) is 0 Å². The van der Waals surface area contributed by atoms with Gasteiger partial charge in [0.2, 0.25) is 0 Å². The molecular formula is C10H21NO. The van der Waals surface area contributed by atoms with Crippen LogP contribution in [0.15, 0.2) is 0 Å². The van der Waals surface area contributed by atoms with Crippen molar-refractivity contribution in [2.75, 3.05) is 13.7 Å². The fourth-order valence-corrected chi connectivity index (χ4v) is 2.15. The van der Waals surface area contributed by atoms with Gasteiger partial charge in [-0.2, -0.15) is 0 Å². The van der Waals surface area contributed by atoms with Gasteiger partial charge < -0.3 is 10.4 Å². The van der Waals surface area contributed by atoms with Crippen LogP contribution in [0.1, 0.15) is 39.0 Å². The van der Waals surface area contributed by atoms with E-state index in [1.807, 2.05) is 7.05 Å². The first-order chi connectivity index (χ1) is 5.73. The molecule has 0 radical (unpaired) electrons. The maximum absolute atomic E-state index is 9.28. The molecular weight excluding hydrogens is 150 g/mol. The Labute approximate surface area is 75.4 Å². The van der Waals surface area contributed by atoms with Gasteiger partial charge in [-0.1, -0.05) is 19.3 Å². The van der Waals surface area contributed by atoms with Crippen molar-refractivity contribution in [3.63, 3.8) is 0 Å². The van der Waals surface area contributed by atoms with Gasteiger partial charge in [-0.25, -0.2) is 0 Å². The average Bonchev–Trinajstić information content (AvgIpc) is 2.18. The van der Waals surface area contributed by atoms with Crippen LogP contribution >= 0.6 is 0 Å². The lowest BCUT2D eigenvalue weighted by Gasteiger charge is -2.38. The number of nitrogens with one attached hydrogen (secondary N) is 1. The second-order valence-electron chi connectivity index (χ2n) is 4.16. The summed E-state index contributed by atoms with van der Waals surface area (Å²) in [4.78, 5) is 0. The van der Waals surface area contributed by atoms with Crippen molar-refractivity contribution in [3.05, 3.63) is 0 Å². The first kappa shape index (κ1) is 10.0. The molecule has 2 N–H and O–H groups in total. The summed E-state index contributed by atoms with van der Waals surface area (Å²) >= 11 is 0. The molecule has 0 aromatic rings. The quantitative estimate of drug-likeness (QED) is 0.675. The van der Waals surface area contributed by atoms with Gasteiger partial charge in [-0.05, 0) is 32.7 Å². The summed E-state index contributed by atoms with van der Waals surface area (Å²) < 4.78 is 0. The number of likely N-dealkylation sites (N-methyl/N-ethyl adjacent to an activating group) is 1. The highest BCUT2D eigenvalue weighted by Gasteiger charge is 2.32. The highest BCUT2D eigenvalue weighted by atomic mass is 16.3. The number of aliphatic hydroxyl groups excluding tert-OH is 1. The van der Waals surface area contributed by atoms with Gasteiger partial charge in [0, 0.05) is 5.54 Å². The molecule has 72 valence electrons. The van der Waals surface area contributed by atoms with E-state index in [1.165, 1.54) is 32.1 Å². The zero-order chi connectivity index (χ0) is 9.03. The van der Waals surface area contributed by atoms with Gasteiger partial charge in [-0.3, -0.25) is 0 Å². The Balaban J connectivity index is 2.51. The van der Waals surface area contributed by atoms with E-state index in [0.29, 0.717) is 5.92 Å². The second kappa shape index (κ2) is 4.24. The van der Waals surface area contributed by atoms with Crippen molar-refractivity contribution in [1.82, 2.24) is 5.32 Å². The molecule has 0 aliphatic heterocycles. The number of hydrogen-bond donors (Lipinski definition) is 2. The molecule has 2 nitrogen and oxygen atoms in total. The maximum atomic E-state index is 9.28. The molecule has 1 rings (SSSR count). The second-order valence-corrected chi connectivity index (χ2v) is 4.16. The molecule has 0 heterocycles. The van der Waals surface area contributed by atoms with Crippen LogP contribution in [-0.2, 0) is 0 Å². The minimum Gasteiger partial charge on any atom is -0.394 e. The Morgan fingerprint density at radius 2 is 1.92 bits per heavy atom. The average molecular weight is 171 g/mol. The molecule has 1 fully saturated rings. The molecule has 0 aromatic carbocycles. The van der Waals surface area contributed by atoms with E-state index < -0.39 is 0 Å². The SMILES string of the molecule is CNC(C)(CO)C1CCCCC1. The van der Waals surface area contributed by atoms with Gasteiger partial charge in [0.25, 0.3) is 0 Å². The number of hydrogen-bond acceptors (Lipinski definition) is 2. The van der Waals surface area contributed by atoms with Crippen molar-refractivity contribution in [3.8, 4) is 0 Å². The Kier molecular flexibility index (Phi) is 3.53. The topological polar surface area (TPSA) is 32.3 Å². The smallest absolute Gasteiger partial charge is 0.0613 e. The summed E-state index contributed by atoms with van der Waals surface area (Å²) in [7, 11) is 1.95. The third-order valence-corrected chi connectivity index (χ3v) is 3.41. The van der Waals surface area contributed by atoms with Crippen LogP contribution in [0.5, 0.6) is 0 Å². The van der Waals surface area contributed by atoms with Crippen LogP contribution in [0.2, 0.25) is 0 Å². The molecule has 0 aromatic heterocycles. The third kappa shape index (κ3) is 1.99. The summed E-state index contributed by atoms with van der Waals surface area (Å²) in [6, 6.07) is 0. The van der Waals surface area contributed by atoms with E-state index in [0.717, 1.165) is 0 Å². The van der Waals surface area contributed by atoms with E-state index in [4.69, 9.17) is 0 Å². The van der Waals surface area contributed by atoms with Gasteiger partial charge in [0.15, 0.2) is 0 Å². The molecule has 0 amide bonds. The van der Waals surface area contributed by atoms with Gasteiger partial charge in [-0.15, -0.1) is 0 Å². The van der Waals surface area contributed by atoms with Crippen molar-refractivity contribution >= 4 is 0 Å². The molecule has 1 aliphatic carbocycles. The van der Waals surface area contributed by atoms with E-state index in [2.05, 4.69) is 12.2 Å². The number of aliphatic hydroxyl groups is 1. The first-order valence-electron chi connectivity index (χ1n) is 5.02. The van der Waals surface area contributed by atoms with E-state index >= 15 is 0 Å². The molecule has 0 bridgehead atoms. The minimum atomic E-state index is -0.0412. The monoisotopic (exact) mass is 171 g/mol. The Morgan fingerprint density at radius 3 is 2.33 bits per heavy atom. The Bertz CT molecular complexity index is 126. The zero-order valence-electron chi connectivity index (χ0n) is 8.27. The highest BCUT2D eigenvalue weighted by molar-refractivity contribution is 4.90. The molecule has 1 saturated carbocycles. The lowest BCUT2D eigenvalue weighted by molar-refractivity contribution is 0.102. The zero-order valence-corrected chi connectivity index (χ0v) is 8.27. The Morgan fingerprint density at radius 1 is 1.33 bits per heavy atom. The summed E-state index contributed by atoms with van der Waals surface area (Å²) in [6.07, 6.45) is 6.60. The summed E-state index contributed by atoms with van der Waals surface area (Å²) in [6.45, 7) is 2.39. The van der Waals surface area contributed by atoms with Crippen LogP contribution < -0.4 is 5.32 Å². The minimum absolute atomic E-state index is 0.0412. The van der Waals surface area contributed by atoms with E-state index in [-0.39, 0.29) is 12.1 Å². The molecule has 1 unspecified atom stereocenters. The van der Waals surface area contributed by atoms with Crippen molar-refractivity contribution < 1.29 is 5.11 Å². The fraction of sp³-hybridized carbons (Fsp3) is 1.00. The fourth-order valence-electron chi connectivity index (χ4n) is 2.15. The predicted octanol–water partition coefficient (Wildman–Crippen LogP) is 1.54. The first-order valence-corrected chi connectivity index (χ1v) is 5.02. The van der Waals surface area contributed by atoms with Crippen LogP contribution in [-0.4, -0.2) is 24.3 Å². The maximum Gasteiger partial charge on any atom is 0.0613 e. The number of rotatable bonds is 3. The van der Waals surface area contributed by atoms with Crippen LogP contribution in [0.3, 0.4) is 0 Å². The highest BCUT2D eigenvalue weighted by Crippen LogP contribution is 2.31. The molecule has 0 saturated heterocycles. The largest absolute Gasteiger partial charge is 0.394 e. The van der Waals surface area contributed by atoms with Crippen LogP contribution in [0.25, 0.3) is 0 Å². The molecule has 1 aliphatic rings. The van der Waals surface area contributed by atoms with Gasteiger partial charge in [0.05, 0.1) is 6.61 Å². The normalized spacial score (nSPS) is 25.2. The van der Waals surface area contributed by atoms with Gasteiger partial charge in [0.1, 0.15) is 0 Å².